The average Bonchev–Trinajstić information content (AvgIpc) is 2.31. The minimum Gasteiger partial charge on any atom is -0.306 e. The fourth-order valence-electron chi connectivity index (χ4n) is 1.34. The Labute approximate surface area is 120 Å². The number of carbonyl (C=O) groups excluding carboxylic acids is 1. The van der Waals surface area contributed by atoms with E-state index in [2.05, 4.69) is 42.2 Å². The quantitative estimate of drug-likeness (QED) is 0.864. The zero-order chi connectivity index (χ0) is 13.1. The minimum absolute atomic E-state index is 0.222. The van der Waals surface area contributed by atoms with Gasteiger partial charge in [0.15, 0.2) is 0 Å². The predicted molar refractivity (Wildman–Crippen MR) is 74.0 cm³/mol. The molecule has 0 fully saturated rings. The Morgan fingerprint density at radius 2 is 2.06 bits per heavy atom. The number of hydrogen-bond donors (Lipinski definition) is 1. The summed E-state index contributed by atoms with van der Waals surface area (Å²) in [7, 11) is 0. The standard InChI is InChI=1S/C12H7Br2FN2O/c13-8-4-7(5-9(15)6-8)12(18)17-11-10(14)2-1-3-16-11/h1-6H,(H,16,17,18). The van der Waals surface area contributed by atoms with Gasteiger partial charge < -0.3 is 5.32 Å². The highest BCUT2D eigenvalue weighted by atomic mass is 79.9. The third-order valence-corrected chi connectivity index (χ3v) is 3.21. The fraction of sp³-hybridized carbons (Fsp3) is 0. The lowest BCUT2D eigenvalue weighted by atomic mass is 10.2. The van der Waals surface area contributed by atoms with Crippen molar-refractivity contribution >= 4 is 43.6 Å². The summed E-state index contributed by atoms with van der Waals surface area (Å²) in [5.41, 5.74) is 0.222. The summed E-state index contributed by atoms with van der Waals surface area (Å²) in [6.45, 7) is 0. The maximum absolute atomic E-state index is 13.2. The second-order valence-electron chi connectivity index (χ2n) is 3.45. The molecule has 0 spiro atoms. The van der Waals surface area contributed by atoms with Crippen molar-refractivity contribution in [2.24, 2.45) is 0 Å². The molecular formula is C12H7Br2FN2O. The van der Waals surface area contributed by atoms with E-state index in [-0.39, 0.29) is 5.56 Å². The van der Waals surface area contributed by atoms with Crippen LogP contribution in [0.15, 0.2) is 45.5 Å². The van der Waals surface area contributed by atoms with Gasteiger partial charge in [-0.25, -0.2) is 9.37 Å². The second kappa shape index (κ2) is 5.58. The van der Waals surface area contributed by atoms with E-state index in [1.54, 1.807) is 18.3 Å². The number of benzene rings is 1. The van der Waals surface area contributed by atoms with Crippen molar-refractivity contribution in [1.29, 1.82) is 0 Å². The Bertz CT molecular complexity index is 584. The molecule has 1 aromatic carbocycles. The normalized spacial score (nSPS) is 10.2. The molecule has 1 amide bonds. The molecule has 0 aliphatic rings. The van der Waals surface area contributed by atoms with Gasteiger partial charge in [-0.05, 0) is 46.3 Å². The van der Waals surface area contributed by atoms with Crippen molar-refractivity contribution in [3.8, 4) is 0 Å². The Kier molecular flexibility index (Phi) is 4.08. The van der Waals surface area contributed by atoms with Crippen molar-refractivity contribution < 1.29 is 9.18 Å². The van der Waals surface area contributed by atoms with Crippen LogP contribution in [0.25, 0.3) is 0 Å². The smallest absolute Gasteiger partial charge is 0.256 e. The number of halogens is 3. The number of nitrogens with one attached hydrogen (secondary N) is 1. The van der Waals surface area contributed by atoms with Crippen molar-refractivity contribution in [3.63, 3.8) is 0 Å². The van der Waals surface area contributed by atoms with Crippen molar-refractivity contribution in [2.45, 2.75) is 0 Å². The Balaban J connectivity index is 2.25. The zero-order valence-corrected chi connectivity index (χ0v) is 12.1. The topological polar surface area (TPSA) is 42.0 Å². The number of hydrogen-bond acceptors (Lipinski definition) is 2. The summed E-state index contributed by atoms with van der Waals surface area (Å²) >= 11 is 6.40. The first-order valence-corrected chi connectivity index (χ1v) is 6.53. The lowest BCUT2D eigenvalue weighted by molar-refractivity contribution is 0.102. The van der Waals surface area contributed by atoms with E-state index in [0.717, 1.165) is 6.07 Å². The van der Waals surface area contributed by atoms with E-state index in [1.807, 2.05) is 0 Å². The van der Waals surface area contributed by atoms with E-state index in [9.17, 15) is 9.18 Å². The largest absolute Gasteiger partial charge is 0.306 e. The molecule has 0 atom stereocenters. The lowest BCUT2D eigenvalue weighted by Crippen LogP contribution is -2.13. The highest BCUT2D eigenvalue weighted by Crippen LogP contribution is 2.20. The third kappa shape index (κ3) is 3.14. The molecule has 0 unspecified atom stereocenters. The molecule has 3 nitrogen and oxygen atoms in total. The predicted octanol–water partition coefficient (Wildman–Crippen LogP) is 4.00. The second-order valence-corrected chi connectivity index (χ2v) is 5.22. The number of rotatable bonds is 2. The van der Waals surface area contributed by atoms with Gasteiger partial charge in [-0.1, -0.05) is 15.9 Å². The molecule has 0 aliphatic carbocycles. The van der Waals surface area contributed by atoms with Gasteiger partial charge in [0.1, 0.15) is 11.6 Å². The van der Waals surface area contributed by atoms with Crippen LogP contribution in [0, 0.1) is 5.82 Å². The van der Waals surface area contributed by atoms with Crippen LogP contribution in [-0.2, 0) is 0 Å². The molecule has 2 rings (SSSR count). The molecule has 18 heavy (non-hydrogen) atoms. The number of pyridine rings is 1. The molecule has 1 N–H and O–H groups in total. The summed E-state index contributed by atoms with van der Waals surface area (Å²) in [5.74, 6) is -0.507. The molecule has 0 radical (unpaired) electrons. The van der Waals surface area contributed by atoms with E-state index in [0.29, 0.717) is 14.8 Å². The molecule has 0 saturated carbocycles. The molecular weight excluding hydrogens is 367 g/mol. The van der Waals surface area contributed by atoms with Gasteiger partial charge in [0.05, 0.1) is 4.47 Å². The van der Waals surface area contributed by atoms with Gasteiger partial charge in [-0.3, -0.25) is 4.79 Å². The summed E-state index contributed by atoms with van der Waals surface area (Å²) in [5, 5.41) is 2.60. The van der Waals surface area contributed by atoms with Crippen molar-refractivity contribution in [3.05, 3.63) is 56.9 Å². The van der Waals surface area contributed by atoms with Crippen LogP contribution in [0.5, 0.6) is 0 Å². The van der Waals surface area contributed by atoms with Gasteiger partial charge in [0, 0.05) is 16.2 Å². The van der Waals surface area contributed by atoms with Crippen LogP contribution < -0.4 is 5.32 Å². The maximum atomic E-state index is 13.2. The Hall–Kier alpha value is -1.27. The SMILES string of the molecule is O=C(Nc1ncccc1Br)c1cc(F)cc(Br)c1. The fourth-order valence-corrected chi connectivity index (χ4v) is 2.16. The van der Waals surface area contributed by atoms with Gasteiger partial charge in [0.2, 0.25) is 0 Å². The van der Waals surface area contributed by atoms with Gasteiger partial charge in [0.25, 0.3) is 5.91 Å². The van der Waals surface area contributed by atoms with E-state index in [1.165, 1.54) is 12.1 Å². The van der Waals surface area contributed by atoms with Crippen LogP contribution in [0.3, 0.4) is 0 Å². The number of nitrogens with zero attached hydrogens (tertiary/aromatic N) is 1. The highest BCUT2D eigenvalue weighted by molar-refractivity contribution is 9.10. The van der Waals surface area contributed by atoms with Crippen LogP contribution in [0.2, 0.25) is 0 Å². The number of anilines is 1. The molecule has 2 aromatic rings. The zero-order valence-electron chi connectivity index (χ0n) is 8.95. The minimum atomic E-state index is -0.477. The van der Waals surface area contributed by atoms with Gasteiger partial charge in [-0.15, -0.1) is 0 Å². The summed E-state index contributed by atoms with van der Waals surface area (Å²) in [6.07, 6.45) is 1.56. The van der Waals surface area contributed by atoms with E-state index >= 15 is 0 Å². The summed E-state index contributed by atoms with van der Waals surface area (Å²) < 4.78 is 14.3. The van der Waals surface area contributed by atoms with E-state index in [4.69, 9.17) is 0 Å². The first-order chi connectivity index (χ1) is 8.56. The molecule has 0 aliphatic heterocycles. The Morgan fingerprint density at radius 1 is 1.28 bits per heavy atom. The van der Waals surface area contributed by atoms with Crippen molar-refractivity contribution in [1.82, 2.24) is 4.98 Å². The number of amides is 1. The molecule has 0 saturated heterocycles. The van der Waals surface area contributed by atoms with Crippen LogP contribution in [0.4, 0.5) is 10.2 Å². The first-order valence-electron chi connectivity index (χ1n) is 4.94. The average molecular weight is 374 g/mol. The van der Waals surface area contributed by atoms with E-state index < -0.39 is 11.7 Å². The van der Waals surface area contributed by atoms with Crippen LogP contribution in [0.1, 0.15) is 10.4 Å². The summed E-state index contributed by atoms with van der Waals surface area (Å²) in [4.78, 5) is 15.9. The Morgan fingerprint density at radius 3 is 2.72 bits per heavy atom. The first kappa shape index (κ1) is 13.2. The number of carbonyl (C=O) groups is 1. The molecule has 1 heterocycles. The number of aromatic nitrogens is 1. The molecule has 92 valence electrons. The van der Waals surface area contributed by atoms with Crippen molar-refractivity contribution in [2.75, 3.05) is 5.32 Å². The lowest BCUT2D eigenvalue weighted by Gasteiger charge is -2.06. The van der Waals surface area contributed by atoms with Crippen LogP contribution >= 0.6 is 31.9 Å². The monoisotopic (exact) mass is 372 g/mol. The maximum Gasteiger partial charge on any atom is 0.256 e. The molecule has 1 aromatic heterocycles. The van der Waals surface area contributed by atoms with Gasteiger partial charge >= 0.3 is 0 Å². The highest BCUT2D eigenvalue weighted by Gasteiger charge is 2.10. The van der Waals surface area contributed by atoms with Gasteiger partial charge in [-0.2, -0.15) is 0 Å². The summed E-state index contributed by atoms with van der Waals surface area (Å²) in [6, 6.07) is 7.47. The molecule has 0 bridgehead atoms. The van der Waals surface area contributed by atoms with Crippen LogP contribution in [-0.4, -0.2) is 10.9 Å². The third-order valence-electron chi connectivity index (χ3n) is 2.12. The molecule has 6 heteroatoms.